The van der Waals surface area contributed by atoms with Crippen LogP contribution in [0.5, 0.6) is 0 Å². The molecule has 4 amide bonds. The van der Waals surface area contributed by atoms with Crippen molar-refractivity contribution in [2.45, 2.75) is 44.8 Å². The van der Waals surface area contributed by atoms with Gasteiger partial charge >= 0.3 is 6.09 Å². The van der Waals surface area contributed by atoms with Crippen LogP contribution in [0.2, 0.25) is 0 Å². The van der Waals surface area contributed by atoms with E-state index in [9.17, 15) is 24.0 Å². The summed E-state index contributed by atoms with van der Waals surface area (Å²) in [5.74, 6) is -1.21. The van der Waals surface area contributed by atoms with Gasteiger partial charge in [0, 0.05) is 31.9 Å². The molecule has 196 valence electrons. The second kappa shape index (κ2) is 11.4. The third-order valence-electron chi connectivity index (χ3n) is 6.55. The summed E-state index contributed by atoms with van der Waals surface area (Å²) in [4.78, 5) is 68.2. The van der Waals surface area contributed by atoms with Gasteiger partial charge in [-0.1, -0.05) is 13.8 Å². The molecule has 2 N–H and O–H groups in total. The molecule has 0 spiro atoms. The summed E-state index contributed by atoms with van der Waals surface area (Å²) in [6.07, 6.45) is 0.117. The second-order valence-corrected chi connectivity index (χ2v) is 9.76. The zero-order chi connectivity index (χ0) is 26.6. The Morgan fingerprint density at radius 1 is 1.11 bits per heavy atom. The number of benzene rings is 1. The summed E-state index contributed by atoms with van der Waals surface area (Å²) in [7, 11) is 5.01. The van der Waals surface area contributed by atoms with Crippen molar-refractivity contribution in [3.63, 3.8) is 0 Å². The maximum absolute atomic E-state index is 13.6. The fourth-order valence-electron chi connectivity index (χ4n) is 4.76. The number of fused-ring (bicyclic) bond motifs is 1. The zero-order valence-corrected chi connectivity index (χ0v) is 21.4. The van der Waals surface area contributed by atoms with E-state index in [4.69, 9.17) is 0 Å². The summed E-state index contributed by atoms with van der Waals surface area (Å²) >= 11 is 0. The van der Waals surface area contributed by atoms with Gasteiger partial charge in [0.1, 0.15) is 18.6 Å². The van der Waals surface area contributed by atoms with E-state index in [1.807, 2.05) is 45.0 Å². The number of amides is 4. The molecule has 1 aromatic carbocycles. The normalized spacial score (nSPS) is 19.7. The fraction of sp³-hybridized carbons (Fsp3) is 0.560. The summed E-state index contributed by atoms with van der Waals surface area (Å²) in [5.41, 5.74) is 1.39. The third-order valence-corrected chi connectivity index (χ3v) is 6.55. The number of alkyl carbamates (subject to hydrolysis) is 1. The molecule has 2 aliphatic rings. The molecule has 0 aromatic heterocycles. The minimum Gasteiger partial charge on any atom is -0.453 e. The van der Waals surface area contributed by atoms with Crippen molar-refractivity contribution in [3.8, 4) is 0 Å². The molecule has 0 bridgehead atoms. The number of ether oxygens (including phenoxy) is 1. The standard InChI is InChI=1S/C25H35N5O6/c1-15(2)12-18(27-23(33)16-6-8-17(9-7-16)28(3)4)24(34)29-11-10-19-22(29)20(31)14-30(19)21(32)13-26-25(35)36-5/h6-9,15,18-19,22H,10-14H2,1-5H3,(H,26,35)(H,27,33)/t18?,19-,22+/m1/s1. The number of hydrogen-bond donors (Lipinski definition) is 2. The van der Waals surface area contributed by atoms with Gasteiger partial charge in [0.25, 0.3) is 5.91 Å². The Bertz CT molecular complexity index is 1010. The lowest BCUT2D eigenvalue weighted by Crippen LogP contribution is -2.53. The van der Waals surface area contributed by atoms with Gasteiger partial charge in [-0.25, -0.2) is 4.79 Å². The van der Waals surface area contributed by atoms with Crippen LogP contribution in [0.3, 0.4) is 0 Å². The highest BCUT2D eigenvalue weighted by atomic mass is 16.5. The van der Waals surface area contributed by atoms with Crippen molar-refractivity contribution >= 4 is 35.3 Å². The fourth-order valence-corrected chi connectivity index (χ4v) is 4.76. The quantitative estimate of drug-likeness (QED) is 0.535. The number of nitrogens with one attached hydrogen (secondary N) is 2. The van der Waals surface area contributed by atoms with Crippen LogP contribution < -0.4 is 15.5 Å². The topological polar surface area (TPSA) is 128 Å². The number of nitrogens with zero attached hydrogens (tertiary/aromatic N) is 3. The maximum atomic E-state index is 13.6. The summed E-state index contributed by atoms with van der Waals surface area (Å²) in [6.45, 7) is 3.80. The van der Waals surface area contributed by atoms with Crippen LogP contribution >= 0.6 is 0 Å². The van der Waals surface area contributed by atoms with Gasteiger partial charge in [-0.3, -0.25) is 19.2 Å². The largest absolute Gasteiger partial charge is 0.453 e. The van der Waals surface area contributed by atoms with Crippen LogP contribution in [-0.4, -0.2) is 98.4 Å². The molecule has 2 heterocycles. The molecule has 11 nitrogen and oxygen atoms in total. The molecular weight excluding hydrogens is 466 g/mol. The molecule has 2 saturated heterocycles. The molecule has 3 rings (SSSR count). The van der Waals surface area contributed by atoms with Gasteiger partial charge in [-0.05, 0) is 43.0 Å². The van der Waals surface area contributed by atoms with E-state index in [0.29, 0.717) is 24.9 Å². The SMILES string of the molecule is COC(=O)NCC(=O)N1CC(=O)[C@@H]2[C@H]1CCN2C(=O)C(CC(C)C)NC(=O)c1ccc(N(C)C)cc1. The molecule has 1 unspecified atom stereocenters. The first-order valence-electron chi connectivity index (χ1n) is 12.1. The van der Waals surface area contributed by atoms with E-state index in [-0.39, 0.29) is 36.6 Å². The average Bonchev–Trinajstić information content (AvgIpc) is 3.42. The van der Waals surface area contributed by atoms with E-state index >= 15 is 0 Å². The lowest BCUT2D eigenvalue weighted by Gasteiger charge is -2.29. The molecule has 11 heteroatoms. The van der Waals surface area contributed by atoms with Crippen LogP contribution in [-0.2, 0) is 19.1 Å². The molecule has 1 aromatic rings. The van der Waals surface area contributed by atoms with E-state index in [1.165, 1.54) is 16.9 Å². The predicted octanol–water partition coefficient (Wildman–Crippen LogP) is 0.634. The lowest BCUT2D eigenvalue weighted by molar-refractivity contribution is -0.138. The molecule has 0 saturated carbocycles. The van der Waals surface area contributed by atoms with Gasteiger partial charge in [-0.2, -0.15) is 0 Å². The minimum atomic E-state index is -0.802. The molecular formula is C25H35N5O6. The molecule has 0 radical (unpaired) electrons. The number of ketones is 1. The highest BCUT2D eigenvalue weighted by Crippen LogP contribution is 2.30. The molecule has 3 atom stereocenters. The Morgan fingerprint density at radius 2 is 1.78 bits per heavy atom. The molecule has 0 aliphatic carbocycles. The van der Waals surface area contributed by atoms with Crippen molar-refractivity contribution < 1.29 is 28.7 Å². The van der Waals surface area contributed by atoms with Crippen molar-refractivity contribution in [1.82, 2.24) is 20.4 Å². The Hall–Kier alpha value is -3.63. The number of hydrogen-bond acceptors (Lipinski definition) is 7. The first-order valence-corrected chi connectivity index (χ1v) is 12.1. The first kappa shape index (κ1) is 27.0. The van der Waals surface area contributed by atoms with Crippen molar-refractivity contribution in [1.29, 1.82) is 0 Å². The predicted molar refractivity (Wildman–Crippen MR) is 133 cm³/mol. The van der Waals surface area contributed by atoms with Crippen LogP contribution in [0.1, 0.15) is 37.0 Å². The lowest BCUT2D eigenvalue weighted by atomic mass is 10.0. The Morgan fingerprint density at radius 3 is 2.36 bits per heavy atom. The maximum Gasteiger partial charge on any atom is 0.407 e. The third kappa shape index (κ3) is 5.95. The Labute approximate surface area is 211 Å². The van der Waals surface area contributed by atoms with Crippen LogP contribution in [0.25, 0.3) is 0 Å². The highest BCUT2D eigenvalue weighted by Gasteiger charge is 2.52. The number of carbonyl (C=O) groups excluding carboxylic acids is 5. The smallest absolute Gasteiger partial charge is 0.407 e. The highest BCUT2D eigenvalue weighted by molar-refractivity contribution is 6.01. The second-order valence-electron chi connectivity index (χ2n) is 9.76. The average molecular weight is 502 g/mol. The number of rotatable bonds is 8. The van der Waals surface area contributed by atoms with Crippen LogP contribution in [0.15, 0.2) is 24.3 Å². The summed E-state index contributed by atoms with van der Waals surface area (Å²) in [6, 6.07) is 5.06. The van der Waals surface area contributed by atoms with E-state index in [1.54, 1.807) is 12.1 Å². The first-order chi connectivity index (χ1) is 17.0. The number of anilines is 1. The van der Waals surface area contributed by atoms with Crippen molar-refractivity contribution in [2.75, 3.05) is 45.7 Å². The van der Waals surface area contributed by atoms with Crippen molar-refractivity contribution in [3.05, 3.63) is 29.8 Å². The van der Waals surface area contributed by atoms with E-state index < -0.39 is 30.1 Å². The zero-order valence-electron chi connectivity index (χ0n) is 21.4. The van der Waals surface area contributed by atoms with Crippen LogP contribution in [0, 0.1) is 5.92 Å². The van der Waals surface area contributed by atoms with E-state index in [0.717, 1.165) is 5.69 Å². The van der Waals surface area contributed by atoms with Gasteiger partial charge in [0.05, 0.1) is 19.7 Å². The molecule has 2 fully saturated rings. The van der Waals surface area contributed by atoms with Gasteiger partial charge in [0.15, 0.2) is 5.78 Å². The Balaban J connectivity index is 1.71. The summed E-state index contributed by atoms with van der Waals surface area (Å²) < 4.78 is 4.48. The van der Waals surface area contributed by atoms with Gasteiger partial charge in [0.2, 0.25) is 11.8 Å². The van der Waals surface area contributed by atoms with Crippen LogP contribution in [0.4, 0.5) is 10.5 Å². The number of likely N-dealkylation sites (tertiary alicyclic amines) is 2. The minimum absolute atomic E-state index is 0.121. The molecule has 36 heavy (non-hydrogen) atoms. The molecule has 2 aliphatic heterocycles. The summed E-state index contributed by atoms with van der Waals surface area (Å²) in [5, 5.41) is 5.19. The number of carbonyl (C=O) groups is 5. The monoisotopic (exact) mass is 501 g/mol. The van der Waals surface area contributed by atoms with Gasteiger partial charge < -0.3 is 30.1 Å². The number of methoxy groups -OCH3 is 1. The number of Topliss-reactive ketones (excluding diaryl/α,β-unsaturated/α-hetero) is 1. The Kier molecular flexibility index (Phi) is 8.54. The van der Waals surface area contributed by atoms with Gasteiger partial charge in [-0.15, -0.1) is 0 Å². The van der Waals surface area contributed by atoms with Crippen molar-refractivity contribution in [2.24, 2.45) is 5.92 Å². The van der Waals surface area contributed by atoms with E-state index in [2.05, 4.69) is 15.4 Å².